The fourth-order valence-electron chi connectivity index (χ4n) is 0.914. The second-order valence-electron chi connectivity index (χ2n) is 2.73. The van der Waals surface area contributed by atoms with E-state index in [1.165, 1.54) is 12.1 Å². The molecule has 0 aliphatic rings. The summed E-state index contributed by atoms with van der Waals surface area (Å²) in [6.07, 6.45) is 0. The molecule has 0 unspecified atom stereocenters. The molecule has 0 heterocycles. The van der Waals surface area contributed by atoms with Crippen LogP contribution in [-0.2, 0) is 9.84 Å². The van der Waals surface area contributed by atoms with Gasteiger partial charge in [0.25, 0.3) is 0 Å². The van der Waals surface area contributed by atoms with Crippen molar-refractivity contribution < 1.29 is 8.42 Å². The Morgan fingerprint density at radius 2 is 1.67 bits per heavy atom. The Kier molecular flexibility index (Phi) is 5.65. The van der Waals surface area contributed by atoms with Crippen molar-refractivity contribution in [3.8, 4) is 6.07 Å². The molecule has 0 amide bonds. The van der Waals surface area contributed by atoms with Crippen molar-refractivity contribution in [1.82, 2.24) is 0 Å². The molecule has 1 rings (SSSR count). The first-order valence-electron chi connectivity index (χ1n) is 4.72. The lowest BCUT2D eigenvalue weighted by Crippen LogP contribution is -2.04. The van der Waals surface area contributed by atoms with Gasteiger partial charge in [-0.3, -0.25) is 0 Å². The molecule has 0 aliphatic heterocycles. The van der Waals surface area contributed by atoms with E-state index in [2.05, 4.69) is 0 Å². The molecule has 82 valence electrons. The summed E-state index contributed by atoms with van der Waals surface area (Å²) in [5.74, 6) is -0.462. The zero-order valence-electron chi connectivity index (χ0n) is 9.19. The first kappa shape index (κ1) is 13.7. The number of sulfone groups is 1. The van der Waals surface area contributed by atoms with Crippen LogP contribution in [0.1, 0.15) is 19.4 Å². The summed E-state index contributed by atoms with van der Waals surface area (Å²) in [6.45, 7) is 5.88. The monoisotopic (exact) mass is 225 g/mol. The van der Waals surface area contributed by atoms with Gasteiger partial charge in [-0.1, -0.05) is 31.5 Å². The largest absolute Gasteiger partial charge is 0.223 e. The summed E-state index contributed by atoms with van der Waals surface area (Å²) < 4.78 is 22.6. The van der Waals surface area contributed by atoms with Crippen LogP contribution in [0.4, 0.5) is 0 Å². The number of nitrogens with zero attached hydrogens (tertiary/aromatic N) is 1. The van der Waals surface area contributed by atoms with Crippen LogP contribution in [0.2, 0.25) is 0 Å². The number of rotatable bonds is 2. The van der Waals surface area contributed by atoms with Gasteiger partial charge in [0.05, 0.1) is 11.0 Å². The van der Waals surface area contributed by atoms with E-state index < -0.39 is 15.6 Å². The molecule has 0 atom stereocenters. The van der Waals surface area contributed by atoms with E-state index in [4.69, 9.17) is 5.26 Å². The Morgan fingerprint density at radius 3 is 2.07 bits per heavy atom. The highest BCUT2D eigenvalue weighted by atomic mass is 32.2. The maximum atomic E-state index is 11.3. The fraction of sp³-hybridized carbons (Fsp3) is 0.364. The molecule has 0 aliphatic carbocycles. The molecular weight excluding hydrogens is 210 g/mol. The zero-order chi connectivity index (χ0) is 11.9. The summed E-state index contributed by atoms with van der Waals surface area (Å²) in [4.78, 5) is 0.208. The molecule has 0 fully saturated rings. The third-order valence-electron chi connectivity index (χ3n) is 1.63. The molecule has 0 N–H and O–H groups in total. The quantitative estimate of drug-likeness (QED) is 0.776. The van der Waals surface area contributed by atoms with E-state index in [9.17, 15) is 8.42 Å². The van der Waals surface area contributed by atoms with Crippen LogP contribution < -0.4 is 0 Å². The molecule has 0 bridgehead atoms. The summed E-state index contributed by atoms with van der Waals surface area (Å²) in [7, 11) is -3.39. The predicted octanol–water partition coefficient (Wildman–Crippen LogP) is 2.32. The average molecular weight is 225 g/mol. The van der Waals surface area contributed by atoms with Crippen LogP contribution in [0.25, 0.3) is 0 Å². The molecule has 0 aromatic heterocycles. The van der Waals surface area contributed by atoms with Crippen LogP contribution in [0.3, 0.4) is 0 Å². The normalized spacial score (nSPS) is 9.73. The minimum Gasteiger partial charge on any atom is -0.223 e. The summed E-state index contributed by atoms with van der Waals surface area (Å²) in [6, 6.07) is 8.09. The lowest BCUT2D eigenvalue weighted by atomic mass is 10.2. The topological polar surface area (TPSA) is 57.9 Å². The molecule has 0 saturated heterocycles. The third-order valence-corrected chi connectivity index (χ3v) is 3.13. The van der Waals surface area contributed by atoms with Gasteiger partial charge in [-0.15, -0.1) is 0 Å². The van der Waals surface area contributed by atoms with Gasteiger partial charge in [0, 0.05) is 0 Å². The van der Waals surface area contributed by atoms with Crippen LogP contribution in [0.15, 0.2) is 29.2 Å². The van der Waals surface area contributed by atoms with Crippen LogP contribution in [0.5, 0.6) is 0 Å². The highest BCUT2D eigenvalue weighted by Crippen LogP contribution is 2.11. The van der Waals surface area contributed by atoms with E-state index in [0.29, 0.717) is 0 Å². The molecule has 1 aromatic rings. The number of benzene rings is 1. The molecule has 15 heavy (non-hydrogen) atoms. The van der Waals surface area contributed by atoms with Crippen molar-refractivity contribution in [3.63, 3.8) is 0 Å². The highest BCUT2D eigenvalue weighted by Gasteiger charge is 2.12. The van der Waals surface area contributed by atoms with Gasteiger partial charge in [-0.2, -0.15) is 5.26 Å². The van der Waals surface area contributed by atoms with Crippen LogP contribution >= 0.6 is 0 Å². The summed E-state index contributed by atoms with van der Waals surface area (Å²) >= 11 is 0. The van der Waals surface area contributed by atoms with Gasteiger partial charge in [-0.25, -0.2) is 8.42 Å². The molecule has 0 radical (unpaired) electrons. The summed E-state index contributed by atoms with van der Waals surface area (Å²) in [5.41, 5.74) is 0.996. The number of aryl methyl sites for hydroxylation is 1. The maximum Gasteiger partial charge on any atom is 0.191 e. The second kappa shape index (κ2) is 6.20. The molecule has 0 spiro atoms. The van der Waals surface area contributed by atoms with Crippen LogP contribution in [-0.4, -0.2) is 14.2 Å². The van der Waals surface area contributed by atoms with Crippen molar-refractivity contribution >= 4 is 9.84 Å². The number of nitriles is 1. The molecular formula is C11H15NO2S. The van der Waals surface area contributed by atoms with Crippen LogP contribution in [0, 0.1) is 18.3 Å². The van der Waals surface area contributed by atoms with E-state index in [1.807, 2.05) is 20.8 Å². The minimum absolute atomic E-state index is 0.208. The zero-order valence-corrected chi connectivity index (χ0v) is 10.0. The first-order valence-corrected chi connectivity index (χ1v) is 6.38. The Hall–Kier alpha value is -1.34. The minimum atomic E-state index is -3.39. The van der Waals surface area contributed by atoms with Gasteiger partial charge in [0.1, 0.15) is 5.75 Å². The first-order chi connectivity index (χ1) is 7.06. The SMILES string of the molecule is CC.Cc1ccc(S(=O)(=O)CC#N)cc1. The Bertz CT molecular complexity index is 427. The lowest BCUT2D eigenvalue weighted by molar-refractivity contribution is 0.599. The summed E-state index contributed by atoms with van der Waals surface area (Å²) in [5, 5.41) is 8.29. The number of hydrogen-bond acceptors (Lipinski definition) is 3. The van der Waals surface area contributed by atoms with E-state index in [1.54, 1.807) is 18.2 Å². The standard InChI is InChI=1S/C9H9NO2S.C2H6/c1-8-2-4-9(5-3-8)13(11,12)7-6-10;1-2/h2-5H,7H2,1H3;1-2H3. The third kappa shape index (κ3) is 4.13. The Balaban J connectivity index is 0.000000921. The maximum absolute atomic E-state index is 11.3. The molecule has 3 nitrogen and oxygen atoms in total. The molecule has 1 aromatic carbocycles. The van der Waals surface area contributed by atoms with Crippen molar-refractivity contribution in [2.45, 2.75) is 25.7 Å². The van der Waals surface area contributed by atoms with Gasteiger partial charge in [0.15, 0.2) is 9.84 Å². The van der Waals surface area contributed by atoms with Gasteiger partial charge >= 0.3 is 0 Å². The van der Waals surface area contributed by atoms with Crippen molar-refractivity contribution in [1.29, 1.82) is 5.26 Å². The average Bonchev–Trinajstić information content (AvgIpc) is 2.21. The fourth-order valence-corrected chi connectivity index (χ4v) is 1.80. The molecule has 4 heteroatoms. The van der Waals surface area contributed by atoms with Crippen molar-refractivity contribution in [3.05, 3.63) is 29.8 Å². The van der Waals surface area contributed by atoms with Gasteiger partial charge < -0.3 is 0 Å². The number of hydrogen-bond donors (Lipinski definition) is 0. The lowest BCUT2D eigenvalue weighted by Gasteiger charge is -1.99. The van der Waals surface area contributed by atoms with Crippen molar-refractivity contribution in [2.75, 3.05) is 5.75 Å². The van der Waals surface area contributed by atoms with Gasteiger partial charge in [-0.05, 0) is 19.1 Å². The van der Waals surface area contributed by atoms with Crippen molar-refractivity contribution in [2.24, 2.45) is 0 Å². The van der Waals surface area contributed by atoms with E-state index >= 15 is 0 Å². The second-order valence-corrected chi connectivity index (χ2v) is 4.72. The predicted molar refractivity (Wildman–Crippen MR) is 60.2 cm³/mol. The van der Waals surface area contributed by atoms with Gasteiger partial charge in [0.2, 0.25) is 0 Å². The smallest absolute Gasteiger partial charge is 0.191 e. The van der Waals surface area contributed by atoms with E-state index in [0.717, 1.165) is 5.56 Å². The molecule has 0 saturated carbocycles. The Labute approximate surface area is 91.3 Å². The van der Waals surface area contributed by atoms with E-state index in [-0.39, 0.29) is 4.90 Å². The Morgan fingerprint density at radius 1 is 1.20 bits per heavy atom. The highest BCUT2D eigenvalue weighted by molar-refractivity contribution is 7.91.